The lowest BCUT2D eigenvalue weighted by molar-refractivity contribution is -0.417. The van der Waals surface area contributed by atoms with E-state index in [-0.39, 0.29) is 24.0 Å². The first-order chi connectivity index (χ1) is 2.81. The second-order valence-corrected chi connectivity index (χ2v) is 1.67. The monoisotopic (exact) mass is 233 g/mol. The Morgan fingerprint density at radius 1 is 1.71 bits per heavy atom. The van der Waals surface area contributed by atoms with E-state index in [1.54, 1.807) is 7.05 Å². The summed E-state index contributed by atoms with van der Waals surface area (Å²) < 4.78 is 0. The minimum atomic E-state index is 0. The quantitative estimate of drug-likeness (QED) is 0.320. The van der Waals surface area contributed by atoms with E-state index in [0.29, 0.717) is 0 Å². The van der Waals surface area contributed by atoms with Crippen molar-refractivity contribution in [1.29, 1.82) is 0 Å². The molecule has 0 aromatic heterocycles. The van der Waals surface area contributed by atoms with E-state index in [0.717, 1.165) is 5.17 Å². The van der Waals surface area contributed by atoms with Crippen molar-refractivity contribution in [3.63, 3.8) is 0 Å². The fourth-order valence-corrected chi connectivity index (χ4v) is 0.306. The molecule has 0 unspecified atom stereocenters. The van der Waals surface area contributed by atoms with Crippen LogP contribution in [0.2, 0.25) is 0 Å². The second kappa shape index (κ2) is 6.55. The van der Waals surface area contributed by atoms with Gasteiger partial charge in [0.2, 0.25) is 0 Å². The van der Waals surface area contributed by atoms with Crippen LogP contribution < -0.4 is 10.7 Å². The molecule has 4 heteroatoms. The summed E-state index contributed by atoms with van der Waals surface area (Å²) in [6.45, 7) is 0. The third-order valence-corrected chi connectivity index (χ3v) is 1.11. The minimum absolute atomic E-state index is 0. The Morgan fingerprint density at radius 2 is 2.14 bits per heavy atom. The summed E-state index contributed by atoms with van der Waals surface area (Å²) in [6, 6.07) is 0. The molecule has 7 heavy (non-hydrogen) atoms. The van der Waals surface area contributed by atoms with E-state index in [4.69, 9.17) is 5.73 Å². The second-order valence-electron chi connectivity index (χ2n) is 0.818. The first-order valence-corrected chi connectivity index (χ1v) is 2.88. The molecule has 0 saturated carbocycles. The van der Waals surface area contributed by atoms with Gasteiger partial charge < -0.3 is 0 Å². The van der Waals surface area contributed by atoms with Gasteiger partial charge in [-0.15, -0.1) is 24.0 Å². The van der Waals surface area contributed by atoms with Crippen molar-refractivity contribution in [3.05, 3.63) is 0 Å². The molecular weight excluding hydrogens is 223 g/mol. The van der Waals surface area contributed by atoms with Crippen molar-refractivity contribution in [1.82, 2.24) is 0 Å². The maximum Gasteiger partial charge on any atom is 0.301 e. The molecule has 0 aliphatic carbocycles. The van der Waals surface area contributed by atoms with Crippen LogP contribution >= 0.6 is 35.7 Å². The summed E-state index contributed by atoms with van der Waals surface area (Å²) in [4.78, 5) is 2.77. The highest BCUT2D eigenvalue weighted by Gasteiger charge is 1.84. The van der Waals surface area contributed by atoms with Crippen molar-refractivity contribution < 1.29 is 4.99 Å². The van der Waals surface area contributed by atoms with Crippen LogP contribution in [0.5, 0.6) is 0 Å². The Bertz CT molecular complexity index is 64.0. The molecule has 3 N–H and O–H groups in total. The van der Waals surface area contributed by atoms with Gasteiger partial charge in [-0.3, -0.25) is 10.7 Å². The normalized spacial score (nSPS) is 10.3. The van der Waals surface area contributed by atoms with Crippen molar-refractivity contribution in [2.24, 2.45) is 5.73 Å². The van der Waals surface area contributed by atoms with Gasteiger partial charge in [0.25, 0.3) is 0 Å². The lowest BCUT2D eigenvalue weighted by atomic mass is 11.3. The smallest absolute Gasteiger partial charge is 0.282 e. The summed E-state index contributed by atoms with van der Waals surface area (Å²) in [6.07, 6.45) is 1.92. The average molecular weight is 233 g/mol. The number of rotatable bonds is 0. The molecule has 0 heterocycles. The van der Waals surface area contributed by atoms with Crippen LogP contribution in [-0.2, 0) is 0 Å². The van der Waals surface area contributed by atoms with Gasteiger partial charge in [0.1, 0.15) is 0 Å². The maximum atomic E-state index is 5.24. The zero-order valence-corrected chi connectivity index (χ0v) is 7.54. The summed E-state index contributed by atoms with van der Waals surface area (Å²) in [5.74, 6) is 0. The third-order valence-electron chi connectivity index (χ3n) is 0.466. The fourth-order valence-electron chi connectivity index (χ4n) is 0.102. The van der Waals surface area contributed by atoms with E-state index in [9.17, 15) is 0 Å². The van der Waals surface area contributed by atoms with Crippen LogP contribution in [0.1, 0.15) is 0 Å². The molecule has 0 atom stereocenters. The van der Waals surface area contributed by atoms with Crippen molar-refractivity contribution >= 4 is 40.9 Å². The van der Waals surface area contributed by atoms with Gasteiger partial charge in [0.05, 0.1) is 7.05 Å². The van der Waals surface area contributed by atoms with E-state index < -0.39 is 0 Å². The SMILES string of the molecule is C[NH+]=C(N)SC.I. The number of hydrogen-bond acceptors (Lipinski definition) is 1. The molecule has 0 spiro atoms. The summed E-state index contributed by atoms with van der Waals surface area (Å²) in [7, 11) is 1.80. The van der Waals surface area contributed by atoms with E-state index >= 15 is 0 Å². The first kappa shape index (κ1) is 10.5. The molecule has 0 bridgehead atoms. The highest BCUT2D eigenvalue weighted by Crippen LogP contribution is 1.79. The molecule has 0 saturated heterocycles. The van der Waals surface area contributed by atoms with Gasteiger partial charge in [-0.2, -0.15) is 0 Å². The molecule has 0 rings (SSSR count). The average Bonchev–Trinajstić information content (AvgIpc) is 1.65. The van der Waals surface area contributed by atoms with E-state index in [1.165, 1.54) is 11.8 Å². The molecule has 44 valence electrons. The fraction of sp³-hybridized carbons (Fsp3) is 0.667. The molecule has 0 aromatic rings. The largest absolute Gasteiger partial charge is 0.301 e. The molecule has 0 amide bonds. The molecule has 0 radical (unpaired) electrons. The molecule has 0 fully saturated rings. The molecule has 0 aliphatic rings. The molecule has 0 aromatic carbocycles. The Balaban J connectivity index is 0. The van der Waals surface area contributed by atoms with Gasteiger partial charge in [0.15, 0.2) is 0 Å². The van der Waals surface area contributed by atoms with Gasteiger partial charge in [0, 0.05) is 0 Å². The van der Waals surface area contributed by atoms with Gasteiger partial charge in [-0.1, -0.05) is 0 Å². The minimum Gasteiger partial charge on any atom is -0.282 e. The number of nitrogens with one attached hydrogen (secondary N) is 1. The summed E-state index contributed by atoms with van der Waals surface area (Å²) >= 11 is 1.51. The number of nitrogens with two attached hydrogens (primary N) is 1. The van der Waals surface area contributed by atoms with Crippen molar-refractivity contribution in [3.8, 4) is 0 Å². The topological polar surface area (TPSA) is 40.0 Å². The Morgan fingerprint density at radius 3 is 2.14 bits per heavy atom. The van der Waals surface area contributed by atoms with E-state index in [1.807, 2.05) is 6.26 Å². The zero-order chi connectivity index (χ0) is 4.99. The van der Waals surface area contributed by atoms with Crippen molar-refractivity contribution in [2.75, 3.05) is 13.3 Å². The summed E-state index contributed by atoms with van der Waals surface area (Å²) in [5, 5.41) is 0.759. The number of hydrogen-bond donors (Lipinski definition) is 2. The predicted octanol–water partition coefficient (Wildman–Crippen LogP) is -1.01. The number of amidine groups is 1. The highest BCUT2D eigenvalue weighted by molar-refractivity contribution is 14.0. The molecule has 0 aliphatic heterocycles. The predicted molar refractivity (Wildman–Crippen MR) is 45.0 cm³/mol. The van der Waals surface area contributed by atoms with Crippen molar-refractivity contribution in [2.45, 2.75) is 0 Å². The molecule has 2 nitrogen and oxygen atoms in total. The standard InChI is InChI=1S/C3H8N2S.HI/c1-5-3(4)6-2;/h1-2H3,(H2,4,5);1H/p+1. The number of thioether (sulfide) groups is 1. The van der Waals surface area contributed by atoms with E-state index in [2.05, 4.69) is 4.99 Å². The Labute approximate surface area is 65.0 Å². The number of halogens is 1. The highest BCUT2D eigenvalue weighted by atomic mass is 127. The maximum absolute atomic E-state index is 5.24. The summed E-state index contributed by atoms with van der Waals surface area (Å²) in [5.41, 5.74) is 5.24. The van der Waals surface area contributed by atoms with Crippen LogP contribution in [0.4, 0.5) is 0 Å². The van der Waals surface area contributed by atoms with Gasteiger partial charge >= 0.3 is 5.17 Å². The van der Waals surface area contributed by atoms with Crippen LogP contribution in [0.3, 0.4) is 0 Å². The van der Waals surface area contributed by atoms with Crippen LogP contribution in [0, 0.1) is 0 Å². The molecular formula is C3H10IN2S+. The van der Waals surface area contributed by atoms with Crippen LogP contribution in [0.25, 0.3) is 0 Å². The Hall–Kier alpha value is 0.550. The third kappa shape index (κ3) is 6.55. The Kier molecular flexibility index (Phi) is 9.84. The lowest BCUT2D eigenvalue weighted by Gasteiger charge is -1.76. The van der Waals surface area contributed by atoms with Crippen LogP contribution in [0.15, 0.2) is 0 Å². The lowest BCUT2D eigenvalue weighted by Crippen LogP contribution is -2.69. The first-order valence-electron chi connectivity index (χ1n) is 1.65. The van der Waals surface area contributed by atoms with Crippen LogP contribution in [-0.4, -0.2) is 18.5 Å². The van der Waals surface area contributed by atoms with Gasteiger partial charge in [-0.05, 0) is 18.0 Å². The zero-order valence-electron chi connectivity index (χ0n) is 4.39. The van der Waals surface area contributed by atoms with Gasteiger partial charge in [-0.25, -0.2) is 0 Å².